The molecular weight excluding hydrogens is 159 g/mol. The van der Waals surface area contributed by atoms with E-state index < -0.39 is 0 Å². The van der Waals surface area contributed by atoms with E-state index in [2.05, 4.69) is 12.2 Å². The van der Waals surface area contributed by atoms with Gasteiger partial charge in [-0.05, 0) is 12.5 Å². The summed E-state index contributed by atoms with van der Waals surface area (Å²) in [7, 11) is 0. The summed E-state index contributed by atoms with van der Waals surface area (Å²) in [6.45, 7) is 4.27. The van der Waals surface area contributed by atoms with Gasteiger partial charge in [0.15, 0.2) is 0 Å². The predicted molar refractivity (Wildman–Crippen MR) is 44.5 cm³/mol. The monoisotopic (exact) mass is 172 g/mol. The summed E-state index contributed by atoms with van der Waals surface area (Å²) in [6.07, 6.45) is 0. The highest BCUT2D eigenvalue weighted by atomic mass is 35.5. The fourth-order valence-corrected chi connectivity index (χ4v) is 0.830. The predicted octanol–water partition coefficient (Wildman–Crippen LogP) is 0.397. The third-order valence-electron chi connectivity index (χ3n) is 1.58. The van der Waals surface area contributed by atoms with E-state index in [0.29, 0.717) is 12.0 Å². The Kier molecular flexibility index (Phi) is 7.18. The standard InChI is InChI=1S/C5H12N2.2ClH/c1-4-2-7-3-5(4)6;;/h4-5,7H,2-3,6H2,1H3;2*1H/t4-,5+;;/m0../s1. The minimum Gasteiger partial charge on any atom is -0.326 e. The van der Waals surface area contributed by atoms with Gasteiger partial charge in [0, 0.05) is 12.6 Å². The van der Waals surface area contributed by atoms with Crippen molar-refractivity contribution in [1.29, 1.82) is 0 Å². The summed E-state index contributed by atoms with van der Waals surface area (Å²) < 4.78 is 0. The third-order valence-corrected chi connectivity index (χ3v) is 1.58. The van der Waals surface area contributed by atoms with Crippen LogP contribution in [0.4, 0.5) is 0 Å². The van der Waals surface area contributed by atoms with Gasteiger partial charge in [0.25, 0.3) is 0 Å². The Morgan fingerprint density at radius 3 is 2.00 bits per heavy atom. The van der Waals surface area contributed by atoms with Crippen molar-refractivity contribution < 1.29 is 0 Å². The van der Waals surface area contributed by atoms with Gasteiger partial charge in [0.05, 0.1) is 0 Å². The van der Waals surface area contributed by atoms with Crippen molar-refractivity contribution in [3.63, 3.8) is 0 Å². The topological polar surface area (TPSA) is 38.0 Å². The average molecular weight is 173 g/mol. The van der Waals surface area contributed by atoms with Crippen LogP contribution in [0.3, 0.4) is 0 Å². The molecule has 0 aromatic heterocycles. The molecule has 0 aromatic rings. The SMILES string of the molecule is C[C@H]1CNC[C@H]1N.Cl.Cl. The van der Waals surface area contributed by atoms with Crippen LogP contribution in [0, 0.1) is 5.92 Å². The van der Waals surface area contributed by atoms with Crippen LogP contribution in [0.15, 0.2) is 0 Å². The molecule has 0 aromatic carbocycles. The van der Waals surface area contributed by atoms with Crippen LogP contribution in [0.1, 0.15) is 6.92 Å². The highest BCUT2D eigenvalue weighted by Gasteiger charge is 2.17. The van der Waals surface area contributed by atoms with Gasteiger partial charge < -0.3 is 11.1 Å². The van der Waals surface area contributed by atoms with E-state index in [4.69, 9.17) is 5.73 Å². The number of rotatable bonds is 0. The van der Waals surface area contributed by atoms with Crippen LogP contribution in [0.25, 0.3) is 0 Å². The Morgan fingerprint density at radius 1 is 1.33 bits per heavy atom. The van der Waals surface area contributed by atoms with Gasteiger partial charge in [0.2, 0.25) is 0 Å². The van der Waals surface area contributed by atoms with Crippen molar-refractivity contribution in [1.82, 2.24) is 5.32 Å². The Bertz CT molecular complexity index is 62.0. The lowest BCUT2D eigenvalue weighted by Crippen LogP contribution is -2.26. The first-order valence-corrected chi connectivity index (χ1v) is 2.77. The molecule has 9 heavy (non-hydrogen) atoms. The molecule has 2 nitrogen and oxygen atoms in total. The van der Waals surface area contributed by atoms with Gasteiger partial charge in [-0.2, -0.15) is 0 Å². The van der Waals surface area contributed by atoms with Gasteiger partial charge in [0.1, 0.15) is 0 Å². The van der Waals surface area contributed by atoms with Crippen molar-refractivity contribution in [3.05, 3.63) is 0 Å². The van der Waals surface area contributed by atoms with E-state index in [1.807, 2.05) is 0 Å². The maximum Gasteiger partial charge on any atom is 0.0203 e. The molecule has 1 heterocycles. The molecule has 4 heteroatoms. The molecule has 0 saturated carbocycles. The highest BCUT2D eigenvalue weighted by Crippen LogP contribution is 2.02. The van der Waals surface area contributed by atoms with E-state index in [0.717, 1.165) is 13.1 Å². The zero-order valence-corrected chi connectivity index (χ0v) is 7.10. The molecule has 0 aliphatic carbocycles. The first kappa shape index (κ1) is 12.2. The lowest BCUT2D eigenvalue weighted by molar-refractivity contribution is 0.565. The molecule has 3 N–H and O–H groups in total. The first-order chi connectivity index (χ1) is 3.30. The Labute approximate surface area is 68.4 Å². The van der Waals surface area contributed by atoms with E-state index in [9.17, 15) is 0 Å². The van der Waals surface area contributed by atoms with Gasteiger partial charge in [-0.15, -0.1) is 24.8 Å². The maximum absolute atomic E-state index is 5.62. The van der Waals surface area contributed by atoms with Crippen LogP contribution in [0.5, 0.6) is 0 Å². The van der Waals surface area contributed by atoms with Crippen molar-refractivity contribution in [2.24, 2.45) is 11.7 Å². The molecule has 1 aliphatic heterocycles. The number of nitrogens with two attached hydrogens (primary N) is 1. The molecule has 0 radical (unpaired) electrons. The Morgan fingerprint density at radius 2 is 1.89 bits per heavy atom. The zero-order chi connectivity index (χ0) is 5.28. The minimum absolute atomic E-state index is 0. The third kappa shape index (κ3) is 3.26. The van der Waals surface area contributed by atoms with Crippen molar-refractivity contribution in [2.75, 3.05) is 13.1 Å². The number of hydrogen-bond donors (Lipinski definition) is 2. The van der Waals surface area contributed by atoms with E-state index >= 15 is 0 Å². The van der Waals surface area contributed by atoms with Crippen molar-refractivity contribution >= 4 is 24.8 Å². The highest BCUT2D eigenvalue weighted by molar-refractivity contribution is 5.85. The fourth-order valence-electron chi connectivity index (χ4n) is 0.830. The van der Waals surface area contributed by atoms with E-state index in [1.165, 1.54) is 0 Å². The molecule has 1 aliphatic rings. The van der Waals surface area contributed by atoms with Crippen LogP contribution < -0.4 is 11.1 Å². The summed E-state index contributed by atoms with van der Waals surface area (Å²) in [4.78, 5) is 0. The average Bonchev–Trinajstić information content (AvgIpc) is 1.91. The van der Waals surface area contributed by atoms with Crippen LogP contribution in [0.2, 0.25) is 0 Å². The first-order valence-electron chi connectivity index (χ1n) is 2.77. The summed E-state index contributed by atoms with van der Waals surface area (Å²) in [5.41, 5.74) is 5.62. The van der Waals surface area contributed by atoms with Gasteiger partial charge in [-0.3, -0.25) is 0 Å². The minimum atomic E-state index is 0. The van der Waals surface area contributed by atoms with E-state index in [-0.39, 0.29) is 24.8 Å². The lowest BCUT2D eigenvalue weighted by atomic mass is 10.1. The molecule has 1 fully saturated rings. The van der Waals surface area contributed by atoms with Gasteiger partial charge >= 0.3 is 0 Å². The van der Waals surface area contributed by atoms with E-state index in [1.54, 1.807) is 0 Å². The molecular formula is C5H14Cl2N2. The van der Waals surface area contributed by atoms with Crippen LogP contribution in [-0.4, -0.2) is 19.1 Å². The second kappa shape index (κ2) is 5.30. The molecule has 0 spiro atoms. The molecule has 1 saturated heterocycles. The van der Waals surface area contributed by atoms with Crippen LogP contribution >= 0.6 is 24.8 Å². The van der Waals surface area contributed by atoms with Gasteiger partial charge in [-0.25, -0.2) is 0 Å². The van der Waals surface area contributed by atoms with Crippen molar-refractivity contribution in [3.8, 4) is 0 Å². The smallest absolute Gasteiger partial charge is 0.0203 e. The van der Waals surface area contributed by atoms with Crippen molar-refractivity contribution in [2.45, 2.75) is 13.0 Å². The fraction of sp³-hybridized carbons (Fsp3) is 1.00. The number of hydrogen-bond acceptors (Lipinski definition) is 2. The second-order valence-electron chi connectivity index (χ2n) is 2.30. The summed E-state index contributed by atoms with van der Waals surface area (Å²) in [5, 5.41) is 3.20. The maximum atomic E-state index is 5.62. The summed E-state index contributed by atoms with van der Waals surface area (Å²) >= 11 is 0. The zero-order valence-electron chi connectivity index (χ0n) is 5.46. The molecule has 2 atom stereocenters. The largest absolute Gasteiger partial charge is 0.326 e. The molecule has 58 valence electrons. The Hall–Kier alpha value is 0.500. The molecule has 0 unspecified atom stereocenters. The quantitative estimate of drug-likeness (QED) is 0.556. The molecule has 0 amide bonds. The lowest BCUT2D eigenvalue weighted by Gasteiger charge is -2.03. The van der Waals surface area contributed by atoms with Crippen LogP contribution in [-0.2, 0) is 0 Å². The molecule has 1 rings (SSSR count). The Balaban J connectivity index is 0. The number of halogens is 2. The summed E-state index contributed by atoms with van der Waals surface area (Å²) in [6, 6.07) is 0.403. The molecule has 0 bridgehead atoms. The summed E-state index contributed by atoms with van der Waals surface area (Å²) in [5.74, 6) is 0.681. The normalized spacial score (nSPS) is 32.7. The second-order valence-corrected chi connectivity index (χ2v) is 2.30. The number of nitrogens with one attached hydrogen (secondary N) is 1. The van der Waals surface area contributed by atoms with Gasteiger partial charge in [-0.1, -0.05) is 6.92 Å².